The third-order valence-electron chi connectivity index (χ3n) is 5.89. The molecule has 0 aliphatic heterocycles. The van der Waals surface area contributed by atoms with E-state index >= 15 is 0 Å². The first-order valence-electron chi connectivity index (χ1n) is 10.6. The summed E-state index contributed by atoms with van der Waals surface area (Å²) < 4.78 is 33.7. The number of benzene rings is 2. The molecule has 1 amide bonds. The van der Waals surface area contributed by atoms with Crippen molar-refractivity contribution in [2.45, 2.75) is 61.9 Å². The molecule has 2 aromatic rings. The number of anilines is 1. The number of para-hydroxylation sites is 2. The molecule has 2 aliphatic rings. The monoisotopic (exact) mass is 428 g/mol. The van der Waals surface area contributed by atoms with Crippen molar-refractivity contribution in [3.63, 3.8) is 0 Å². The summed E-state index contributed by atoms with van der Waals surface area (Å²) in [5.41, 5.74) is 0.786. The van der Waals surface area contributed by atoms with Gasteiger partial charge in [0.1, 0.15) is 5.75 Å². The minimum absolute atomic E-state index is 0.0567. The SMILES string of the molecule is COc1ccccc1NS(=O)(=O)c1cccc(C(=O)N(C2CCCCC2)C2CC2)c1. The molecule has 0 atom stereocenters. The summed E-state index contributed by atoms with van der Waals surface area (Å²) in [4.78, 5) is 15.4. The van der Waals surface area contributed by atoms with Gasteiger partial charge >= 0.3 is 0 Å². The molecule has 6 nitrogen and oxygen atoms in total. The maximum absolute atomic E-state index is 13.4. The molecule has 0 unspecified atom stereocenters. The predicted molar refractivity (Wildman–Crippen MR) is 116 cm³/mol. The average molecular weight is 429 g/mol. The molecule has 2 aliphatic carbocycles. The third kappa shape index (κ3) is 4.46. The molecule has 0 spiro atoms. The van der Waals surface area contributed by atoms with E-state index in [4.69, 9.17) is 4.74 Å². The van der Waals surface area contributed by atoms with Crippen molar-refractivity contribution in [2.75, 3.05) is 11.8 Å². The lowest BCUT2D eigenvalue weighted by Crippen LogP contribution is -2.43. The zero-order chi connectivity index (χ0) is 21.1. The molecule has 0 bridgehead atoms. The zero-order valence-electron chi connectivity index (χ0n) is 17.2. The van der Waals surface area contributed by atoms with Gasteiger partial charge in [-0.15, -0.1) is 0 Å². The van der Waals surface area contributed by atoms with E-state index in [9.17, 15) is 13.2 Å². The third-order valence-corrected chi connectivity index (χ3v) is 7.25. The number of hydrogen-bond donors (Lipinski definition) is 1. The number of carbonyl (C=O) groups is 1. The van der Waals surface area contributed by atoms with Gasteiger partial charge in [0.05, 0.1) is 17.7 Å². The molecule has 0 aromatic heterocycles. The highest BCUT2D eigenvalue weighted by Crippen LogP contribution is 2.35. The van der Waals surface area contributed by atoms with Gasteiger partial charge in [-0.05, 0) is 56.0 Å². The molecule has 0 saturated heterocycles. The van der Waals surface area contributed by atoms with Gasteiger partial charge in [0, 0.05) is 17.6 Å². The standard InChI is InChI=1S/C23H28N2O4S/c1-29-22-13-6-5-12-21(22)24-30(27,28)20-11-7-8-17(16-20)23(26)25(19-14-15-19)18-9-3-2-4-10-18/h5-8,11-13,16,18-19,24H,2-4,9-10,14-15H2,1H3. The Balaban J connectivity index is 1.59. The molecular formula is C23H28N2O4S. The normalized spacial score (nSPS) is 17.4. The number of hydrogen-bond acceptors (Lipinski definition) is 4. The second kappa shape index (κ2) is 8.68. The van der Waals surface area contributed by atoms with Crippen molar-refractivity contribution >= 4 is 21.6 Å². The summed E-state index contributed by atoms with van der Waals surface area (Å²) >= 11 is 0. The number of methoxy groups -OCH3 is 1. The van der Waals surface area contributed by atoms with Gasteiger partial charge in [0.15, 0.2) is 0 Å². The van der Waals surface area contributed by atoms with Crippen LogP contribution in [0.15, 0.2) is 53.4 Å². The summed E-state index contributed by atoms with van der Waals surface area (Å²) in [5, 5.41) is 0. The molecule has 7 heteroatoms. The Morgan fingerprint density at radius 1 is 0.967 bits per heavy atom. The second-order valence-corrected chi connectivity index (χ2v) is 9.75. The van der Waals surface area contributed by atoms with Crippen LogP contribution in [0.2, 0.25) is 0 Å². The van der Waals surface area contributed by atoms with Crippen LogP contribution >= 0.6 is 0 Å². The Labute approximate surface area is 178 Å². The van der Waals surface area contributed by atoms with E-state index in [1.54, 1.807) is 36.4 Å². The van der Waals surface area contributed by atoms with E-state index in [1.165, 1.54) is 25.7 Å². The van der Waals surface area contributed by atoms with Gasteiger partial charge in [-0.1, -0.05) is 37.5 Å². The molecule has 2 saturated carbocycles. The maximum Gasteiger partial charge on any atom is 0.262 e. The first-order chi connectivity index (χ1) is 14.5. The predicted octanol–water partition coefficient (Wildman–Crippen LogP) is 4.43. The number of nitrogens with one attached hydrogen (secondary N) is 1. The molecular weight excluding hydrogens is 400 g/mol. The smallest absolute Gasteiger partial charge is 0.262 e. The van der Waals surface area contributed by atoms with E-state index < -0.39 is 10.0 Å². The van der Waals surface area contributed by atoms with E-state index in [1.807, 2.05) is 4.90 Å². The topological polar surface area (TPSA) is 75.7 Å². The number of ether oxygens (including phenoxy) is 1. The van der Waals surface area contributed by atoms with Crippen LogP contribution in [0.5, 0.6) is 5.75 Å². The minimum atomic E-state index is -3.86. The van der Waals surface area contributed by atoms with Crippen molar-refractivity contribution in [3.05, 3.63) is 54.1 Å². The largest absolute Gasteiger partial charge is 0.495 e. The van der Waals surface area contributed by atoms with Gasteiger partial charge in [0.2, 0.25) is 0 Å². The van der Waals surface area contributed by atoms with Gasteiger partial charge in [-0.25, -0.2) is 8.42 Å². The molecule has 0 radical (unpaired) electrons. The molecule has 30 heavy (non-hydrogen) atoms. The van der Waals surface area contributed by atoms with Crippen LogP contribution in [0, 0.1) is 0 Å². The van der Waals surface area contributed by atoms with Crippen LogP contribution in [0.1, 0.15) is 55.3 Å². The number of carbonyl (C=O) groups excluding carboxylic acids is 1. The Hall–Kier alpha value is -2.54. The lowest BCUT2D eigenvalue weighted by Gasteiger charge is -2.34. The van der Waals surface area contributed by atoms with Crippen LogP contribution < -0.4 is 9.46 Å². The summed E-state index contributed by atoms with van der Waals surface area (Å²) in [7, 11) is -2.37. The van der Waals surface area contributed by atoms with E-state index in [0.29, 0.717) is 23.0 Å². The van der Waals surface area contributed by atoms with E-state index in [2.05, 4.69) is 4.72 Å². The quantitative estimate of drug-likeness (QED) is 0.708. The second-order valence-electron chi connectivity index (χ2n) is 8.07. The fourth-order valence-electron chi connectivity index (χ4n) is 4.22. The Bertz CT molecular complexity index is 1010. The van der Waals surface area contributed by atoms with E-state index in [0.717, 1.165) is 38.5 Å². The lowest BCUT2D eigenvalue weighted by molar-refractivity contribution is 0.0613. The van der Waals surface area contributed by atoms with Gasteiger partial charge in [-0.3, -0.25) is 9.52 Å². The maximum atomic E-state index is 13.4. The van der Waals surface area contributed by atoms with Crippen LogP contribution in [-0.2, 0) is 10.0 Å². The summed E-state index contributed by atoms with van der Waals surface area (Å²) in [6, 6.07) is 13.7. The highest BCUT2D eigenvalue weighted by molar-refractivity contribution is 7.92. The minimum Gasteiger partial charge on any atom is -0.495 e. The average Bonchev–Trinajstić information content (AvgIpc) is 3.60. The zero-order valence-corrected chi connectivity index (χ0v) is 18.0. The number of rotatable bonds is 7. The molecule has 0 heterocycles. The lowest BCUT2D eigenvalue weighted by atomic mass is 9.93. The number of sulfonamides is 1. The Morgan fingerprint density at radius 2 is 1.67 bits per heavy atom. The van der Waals surface area contributed by atoms with Crippen LogP contribution in [0.3, 0.4) is 0 Å². The van der Waals surface area contributed by atoms with Crippen molar-refractivity contribution in [2.24, 2.45) is 0 Å². The van der Waals surface area contributed by atoms with Crippen LogP contribution in [-0.4, -0.2) is 38.4 Å². The molecule has 4 rings (SSSR count). The van der Waals surface area contributed by atoms with Crippen LogP contribution in [0.25, 0.3) is 0 Å². The highest BCUT2D eigenvalue weighted by Gasteiger charge is 2.38. The highest BCUT2D eigenvalue weighted by atomic mass is 32.2. The first-order valence-corrected chi connectivity index (χ1v) is 12.1. The molecule has 2 fully saturated rings. The van der Waals surface area contributed by atoms with Crippen LogP contribution in [0.4, 0.5) is 5.69 Å². The molecule has 2 aromatic carbocycles. The fourth-order valence-corrected chi connectivity index (χ4v) is 5.34. The van der Waals surface area contributed by atoms with Crippen molar-refractivity contribution < 1.29 is 17.9 Å². The summed E-state index contributed by atoms with van der Waals surface area (Å²) in [5.74, 6) is 0.379. The fraction of sp³-hybridized carbons (Fsp3) is 0.435. The van der Waals surface area contributed by atoms with Crippen molar-refractivity contribution in [1.29, 1.82) is 0 Å². The summed E-state index contributed by atoms with van der Waals surface area (Å²) in [6.45, 7) is 0. The van der Waals surface area contributed by atoms with Crippen molar-refractivity contribution in [3.8, 4) is 5.75 Å². The Morgan fingerprint density at radius 3 is 2.37 bits per heavy atom. The van der Waals surface area contributed by atoms with E-state index in [-0.39, 0.29) is 16.8 Å². The first kappa shape index (κ1) is 20.7. The van der Waals surface area contributed by atoms with Gasteiger partial charge < -0.3 is 9.64 Å². The number of nitrogens with zero attached hydrogens (tertiary/aromatic N) is 1. The van der Waals surface area contributed by atoms with Gasteiger partial charge in [0.25, 0.3) is 15.9 Å². The molecule has 1 N–H and O–H groups in total. The summed E-state index contributed by atoms with van der Waals surface area (Å²) in [6.07, 6.45) is 7.68. The molecule has 160 valence electrons. The number of amides is 1. The Kier molecular flexibility index (Phi) is 5.99. The van der Waals surface area contributed by atoms with Crippen molar-refractivity contribution in [1.82, 2.24) is 4.90 Å². The van der Waals surface area contributed by atoms with Gasteiger partial charge in [-0.2, -0.15) is 0 Å².